The number of nitrogens with one attached hydrogen (secondary N) is 1. The summed E-state index contributed by atoms with van der Waals surface area (Å²) < 4.78 is 7.13. The molecule has 0 saturated carbocycles. The van der Waals surface area contributed by atoms with Crippen molar-refractivity contribution in [1.82, 2.24) is 19.7 Å². The molecule has 0 aliphatic carbocycles. The van der Waals surface area contributed by atoms with Gasteiger partial charge in [0.2, 0.25) is 5.82 Å². The average Bonchev–Trinajstić information content (AvgIpc) is 3.17. The molecule has 0 saturated heterocycles. The molecule has 2 heterocycles. The first kappa shape index (κ1) is 15.4. The van der Waals surface area contributed by atoms with Crippen molar-refractivity contribution in [3.8, 4) is 22.8 Å². The molecule has 6 nitrogen and oxygen atoms in total. The molecule has 4 aromatic rings. The first-order valence-electron chi connectivity index (χ1n) is 8.18. The third kappa shape index (κ3) is 2.65. The molecule has 0 amide bonds. The van der Waals surface area contributed by atoms with Crippen molar-refractivity contribution in [3.63, 3.8) is 0 Å². The molecule has 0 aliphatic rings. The normalized spacial score (nSPS) is 11.5. The van der Waals surface area contributed by atoms with E-state index in [1.165, 1.54) is 0 Å². The first-order valence-corrected chi connectivity index (χ1v) is 8.18. The van der Waals surface area contributed by atoms with Crippen LogP contribution in [0.5, 0.6) is 0 Å². The van der Waals surface area contributed by atoms with Gasteiger partial charge in [0.05, 0.1) is 11.0 Å². The molecule has 0 radical (unpaired) electrons. The Morgan fingerprint density at radius 1 is 1.12 bits per heavy atom. The van der Waals surface area contributed by atoms with Gasteiger partial charge < -0.3 is 9.51 Å². The lowest BCUT2D eigenvalue weighted by atomic mass is 10.1. The van der Waals surface area contributed by atoms with Crippen LogP contribution in [0.4, 0.5) is 0 Å². The molecule has 0 spiro atoms. The lowest BCUT2D eigenvalue weighted by molar-refractivity contribution is 0.432. The second kappa shape index (κ2) is 5.73. The van der Waals surface area contributed by atoms with Gasteiger partial charge in [0.25, 0.3) is 5.89 Å². The molecule has 2 aromatic heterocycles. The number of nitrogens with zero attached hydrogens (tertiary/aromatic N) is 3. The van der Waals surface area contributed by atoms with Crippen molar-refractivity contribution < 1.29 is 4.52 Å². The van der Waals surface area contributed by atoms with Crippen LogP contribution in [0.1, 0.15) is 25.5 Å². The van der Waals surface area contributed by atoms with Crippen LogP contribution < -0.4 is 5.69 Å². The number of aromatic nitrogens is 4. The second-order valence-electron chi connectivity index (χ2n) is 6.42. The Morgan fingerprint density at radius 2 is 1.96 bits per heavy atom. The van der Waals surface area contributed by atoms with E-state index in [0.717, 1.165) is 27.7 Å². The van der Waals surface area contributed by atoms with E-state index in [4.69, 9.17) is 4.52 Å². The van der Waals surface area contributed by atoms with Gasteiger partial charge in [-0.25, -0.2) is 4.79 Å². The summed E-state index contributed by atoms with van der Waals surface area (Å²) >= 11 is 0. The maximum Gasteiger partial charge on any atom is 0.326 e. The minimum Gasteiger partial charge on any atom is -0.334 e. The Bertz CT molecular complexity index is 1120. The fraction of sp³-hybridized carbons (Fsp3) is 0.211. The van der Waals surface area contributed by atoms with Gasteiger partial charge in [0.15, 0.2) is 0 Å². The molecular weight excluding hydrogens is 316 g/mol. The van der Waals surface area contributed by atoms with Crippen LogP contribution in [0.15, 0.2) is 51.8 Å². The number of imidazole rings is 1. The monoisotopic (exact) mass is 334 g/mol. The predicted molar refractivity (Wildman–Crippen MR) is 96.4 cm³/mol. The van der Waals surface area contributed by atoms with Crippen LogP contribution in [0, 0.1) is 6.92 Å². The molecule has 25 heavy (non-hydrogen) atoms. The third-order valence-corrected chi connectivity index (χ3v) is 4.18. The zero-order valence-corrected chi connectivity index (χ0v) is 14.3. The number of rotatable bonds is 3. The van der Waals surface area contributed by atoms with Gasteiger partial charge in [-0.2, -0.15) is 4.98 Å². The molecule has 2 aromatic carbocycles. The standard InChI is InChI=1S/C19H18N4O2/c1-11(2)23-16-8-7-13(10-15(16)20-19(23)24)17-21-18(25-22-17)14-6-4-5-12(3)9-14/h4-11H,1-3H3,(H,20,24). The van der Waals surface area contributed by atoms with Crippen molar-refractivity contribution in [2.45, 2.75) is 26.8 Å². The van der Waals surface area contributed by atoms with Crippen molar-refractivity contribution in [1.29, 1.82) is 0 Å². The molecule has 0 atom stereocenters. The van der Waals surface area contributed by atoms with Crippen LogP contribution in [0.25, 0.3) is 33.9 Å². The summed E-state index contributed by atoms with van der Waals surface area (Å²) in [6, 6.07) is 13.7. The van der Waals surface area contributed by atoms with E-state index in [0.29, 0.717) is 11.7 Å². The van der Waals surface area contributed by atoms with Crippen LogP contribution in [-0.2, 0) is 0 Å². The number of fused-ring (bicyclic) bond motifs is 1. The number of hydrogen-bond donors (Lipinski definition) is 1. The summed E-state index contributed by atoms with van der Waals surface area (Å²) in [6.45, 7) is 5.98. The summed E-state index contributed by atoms with van der Waals surface area (Å²) in [5.41, 5.74) is 4.33. The summed E-state index contributed by atoms with van der Waals surface area (Å²) in [5, 5.41) is 4.08. The van der Waals surface area contributed by atoms with Crippen molar-refractivity contribution in [2.75, 3.05) is 0 Å². The summed E-state index contributed by atoms with van der Waals surface area (Å²) in [5.74, 6) is 0.976. The van der Waals surface area contributed by atoms with Gasteiger partial charge in [-0.1, -0.05) is 22.9 Å². The fourth-order valence-electron chi connectivity index (χ4n) is 3.02. The quantitative estimate of drug-likeness (QED) is 0.616. The molecule has 0 bridgehead atoms. The van der Waals surface area contributed by atoms with E-state index in [9.17, 15) is 4.79 Å². The third-order valence-electron chi connectivity index (χ3n) is 4.18. The number of benzene rings is 2. The molecule has 6 heteroatoms. The predicted octanol–water partition coefficient (Wildman–Crippen LogP) is 3.94. The highest BCUT2D eigenvalue weighted by atomic mass is 16.5. The van der Waals surface area contributed by atoms with Gasteiger partial charge >= 0.3 is 5.69 Å². The highest BCUT2D eigenvalue weighted by Gasteiger charge is 2.14. The lowest BCUT2D eigenvalue weighted by Gasteiger charge is -2.06. The van der Waals surface area contributed by atoms with Crippen LogP contribution in [-0.4, -0.2) is 19.7 Å². The minimum absolute atomic E-state index is 0.0881. The smallest absolute Gasteiger partial charge is 0.326 e. The van der Waals surface area contributed by atoms with E-state index >= 15 is 0 Å². The SMILES string of the molecule is Cc1cccc(-c2nc(-c3ccc4c(c3)[nH]c(=O)n4C(C)C)no2)c1. The highest BCUT2D eigenvalue weighted by Crippen LogP contribution is 2.25. The molecule has 126 valence electrons. The van der Waals surface area contributed by atoms with E-state index < -0.39 is 0 Å². The Kier molecular flexibility index (Phi) is 3.53. The first-order chi connectivity index (χ1) is 12.0. The van der Waals surface area contributed by atoms with E-state index in [1.54, 1.807) is 4.57 Å². The Hall–Kier alpha value is -3.15. The van der Waals surface area contributed by atoms with Gasteiger partial charge in [-0.3, -0.25) is 4.57 Å². The van der Waals surface area contributed by atoms with Crippen LogP contribution >= 0.6 is 0 Å². The van der Waals surface area contributed by atoms with E-state index in [2.05, 4.69) is 15.1 Å². The summed E-state index contributed by atoms with van der Waals surface area (Å²) in [4.78, 5) is 19.5. The van der Waals surface area contributed by atoms with Crippen molar-refractivity contribution in [3.05, 3.63) is 58.5 Å². The zero-order valence-electron chi connectivity index (χ0n) is 14.3. The maximum atomic E-state index is 12.1. The number of hydrogen-bond acceptors (Lipinski definition) is 4. The average molecular weight is 334 g/mol. The largest absolute Gasteiger partial charge is 0.334 e. The summed E-state index contributed by atoms with van der Waals surface area (Å²) in [7, 11) is 0. The highest BCUT2D eigenvalue weighted by molar-refractivity contribution is 5.81. The van der Waals surface area contributed by atoms with Crippen LogP contribution in [0.2, 0.25) is 0 Å². The fourth-order valence-corrected chi connectivity index (χ4v) is 3.02. The number of aromatic amines is 1. The van der Waals surface area contributed by atoms with Gasteiger partial charge in [-0.15, -0.1) is 0 Å². The number of aryl methyl sites for hydroxylation is 1. The molecule has 0 aliphatic heterocycles. The second-order valence-corrected chi connectivity index (χ2v) is 6.42. The molecule has 1 N–H and O–H groups in total. The van der Waals surface area contributed by atoms with E-state index in [-0.39, 0.29) is 11.7 Å². The van der Waals surface area contributed by atoms with Gasteiger partial charge in [-0.05, 0) is 51.1 Å². The minimum atomic E-state index is -0.115. The van der Waals surface area contributed by atoms with E-state index in [1.807, 2.05) is 63.2 Å². The van der Waals surface area contributed by atoms with Crippen LogP contribution in [0.3, 0.4) is 0 Å². The van der Waals surface area contributed by atoms with Gasteiger partial charge in [0, 0.05) is 17.2 Å². The Morgan fingerprint density at radius 3 is 2.72 bits per heavy atom. The number of H-pyrrole nitrogens is 1. The Balaban J connectivity index is 1.77. The topological polar surface area (TPSA) is 76.7 Å². The van der Waals surface area contributed by atoms with Gasteiger partial charge in [0.1, 0.15) is 0 Å². The molecular formula is C19H18N4O2. The van der Waals surface area contributed by atoms with Crippen molar-refractivity contribution >= 4 is 11.0 Å². The summed E-state index contributed by atoms with van der Waals surface area (Å²) in [6.07, 6.45) is 0. The Labute approximate surface area is 144 Å². The lowest BCUT2D eigenvalue weighted by Crippen LogP contribution is -2.18. The molecule has 4 rings (SSSR count). The zero-order chi connectivity index (χ0) is 17.6. The van der Waals surface area contributed by atoms with Crippen molar-refractivity contribution in [2.24, 2.45) is 0 Å². The maximum absolute atomic E-state index is 12.1. The molecule has 0 fully saturated rings. The molecule has 0 unspecified atom stereocenters.